The van der Waals surface area contributed by atoms with Crippen LogP contribution in [0.15, 0.2) is 83.4 Å². The standard InChI is InChI=1S/C27H25ClN4OS/c1-17-7-8-18(16-21(17)28)23-13-14-24(33-23)26-25(22-6-4-5-15-29-22)30-27(34)32(26)20-11-9-19(10-12-20)31(2)3/h4-16,25-26H,1-3H3,(H,30,34)/t25-,26+/m0/s1. The number of hydrogen-bond acceptors (Lipinski definition) is 4. The molecule has 5 rings (SSSR count). The molecular weight excluding hydrogens is 464 g/mol. The number of thiocarbonyl (C=S) groups is 1. The van der Waals surface area contributed by atoms with Crippen molar-refractivity contribution in [1.82, 2.24) is 10.3 Å². The van der Waals surface area contributed by atoms with Crippen LogP contribution in [0.25, 0.3) is 11.3 Å². The van der Waals surface area contributed by atoms with Crippen molar-refractivity contribution in [2.24, 2.45) is 0 Å². The van der Waals surface area contributed by atoms with Crippen molar-refractivity contribution in [3.8, 4) is 11.3 Å². The summed E-state index contributed by atoms with van der Waals surface area (Å²) < 4.78 is 6.43. The van der Waals surface area contributed by atoms with E-state index in [1.807, 2.05) is 69.6 Å². The van der Waals surface area contributed by atoms with Crippen molar-refractivity contribution in [1.29, 1.82) is 0 Å². The molecule has 1 aliphatic rings. The summed E-state index contributed by atoms with van der Waals surface area (Å²) in [6.07, 6.45) is 1.80. The van der Waals surface area contributed by atoms with E-state index in [2.05, 4.69) is 44.4 Å². The molecule has 2 aromatic carbocycles. The highest BCUT2D eigenvalue weighted by molar-refractivity contribution is 7.80. The number of rotatable bonds is 5. The van der Waals surface area contributed by atoms with Crippen molar-refractivity contribution in [2.45, 2.75) is 19.0 Å². The molecule has 1 saturated heterocycles. The third-order valence-corrected chi connectivity index (χ3v) is 6.84. The molecule has 0 saturated carbocycles. The highest BCUT2D eigenvalue weighted by Crippen LogP contribution is 2.43. The molecule has 1 N–H and O–H groups in total. The van der Waals surface area contributed by atoms with E-state index in [9.17, 15) is 0 Å². The van der Waals surface area contributed by atoms with Crippen LogP contribution in [0.5, 0.6) is 0 Å². The van der Waals surface area contributed by atoms with Crippen LogP contribution >= 0.6 is 23.8 Å². The van der Waals surface area contributed by atoms with E-state index in [-0.39, 0.29) is 12.1 Å². The molecule has 172 valence electrons. The molecule has 0 unspecified atom stereocenters. The fourth-order valence-electron chi connectivity index (χ4n) is 4.25. The number of benzene rings is 2. The second kappa shape index (κ2) is 9.12. The molecule has 2 aromatic heterocycles. The quantitative estimate of drug-likeness (QED) is 0.321. The van der Waals surface area contributed by atoms with Gasteiger partial charge in [-0.15, -0.1) is 0 Å². The van der Waals surface area contributed by atoms with E-state index in [1.165, 1.54) is 0 Å². The molecule has 0 spiro atoms. The van der Waals surface area contributed by atoms with Gasteiger partial charge in [0.25, 0.3) is 0 Å². The van der Waals surface area contributed by atoms with Crippen LogP contribution in [-0.4, -0.2) is 24.2 Å². The van der Waals surface area contributed by atoms with E-state index in [0.29, 0.717) is 10.1 Å². The first-order valence-electron chi connectivity index (χ1n) is 11.1. The Hall–Kier alpha value is -3.35. The minimum Gasteiger partial charge on any atom is -0.459 e. The number of aromatic nitrogens is 1. The molecular formula is C27H25ClN4OS. The second-order valence-corrected chi connectivity index (χ2v) is 9.37. The highest BCUT2D eigenvalue weighted by atomic mass is 35.5. The van der Waals surface area contributed by atoms with Gasteiger partial charge in [0, 0.05) is 42.3 Å². The fraction of sp³-hybridized carbons (Fsp3) is 0.185. The molecule has 5 nitrogen and oxygen atoms in total. The zero-order valence-electron chi connectivity index (χ0n) is 19.2. The van der Waals surface area contributed by atoms with Gasteiger partial charge in [0.15, 0.2) is 5.11 Å². The van der Waals surface area contributed by atoms with Gasteiger partial charge in [0.05, 0.1) is 11.7 Å². The Balaban J connectivity index is 1.57. The summed E-state index contributed by atoms with van der Waals surface area (Å²) in [6.45, 7) is 1.99. The SMILES string of the molecule is Cc1ccc(-c2ccc([C@@H]3[C@H](c4ccccn4)NC(=S)N3c3ccc(N(C)C)cc3)o2)cc1Cl. The van der Waals surface area contributed by atoms with E-state index in [1.54, 1.807) is 6.20 Å². The predicted octanol–water partition coefficient (Wildman–Crippen LogP) is 6.55. The zero-order valence-corrected chi connectivity index (χ0v) is 20.8. The zero-order chi connectivity index (χ0) is 23.8. The third-order valence-electron chi connectivity index (χ3n) is 6.12. The van der Waals surface area contributed by atoms with Crippen LogP contribution in [0.1, 0.15) is 29.1 Å². The second-order valence-electron chi connectivity index (χ2n) is 8.57. The van der Waals surface area contributed by atoms with Crippen LogP contribution in [0.4, 0.5) is 11.4 Å². The molecule has 7 heteroatoms. The van der Waals surface area contributed by atoms with Gasteiger partial charge in [0.1, 0.15) is 17.6 Å². The Labute approximate surface area is 210 Å². The van der Waals surface area contributed by atoms with Crippen molar-refractivity contribution in [3.05, 3.63) is 101 Å². The Kier molecular flexibility index (Phi) is 6.02. The first-order valence-corrected chi connectivity index (χ1v) is 11.9. The fourth-order valence-corrected chi connectivity index (χ4v) is 4.77. The maximum atomic E-state index is 6.43. The van der Waals surface area contributed by atoms with Gasteiger partial charge in [-0.3, -0.25) is 4.98 Å². The van der Waals surface area contributed by atoms with E-state index < -0.39 is 0 Å². The molecule has 34 heavy (non-hydrogen) atoms. The lowest BCUT2D eigenvalue weighted by Crippen LogP contribution is -2.29. The summed E-state index contributed by atoms with van der Waals surface area (Å²) in [6, 6.07) is 23.8. The first-order chi connectivity index (χ1) is 16.4. The van der Waals surface area contributed by atoms with E-state index >= 15 is 0 Å². The maximum absolute atomic E-state index is 6.43. The number of anilines is 2. The van der Waals surface area contributed by atoms with Crippen LogP contribution in [-0.2, 0) is 0 Å². The largest absolute Gasteiger partial charge is 0.459 e. The van der Waals surface area contributed by atoms with Crippen molar-refractivity contribution in [3.63, 3.8) is 0 Å². The number of furan rings is 1. The van der Waals surface area contributed by atoms with E-state index in [0.717, 1.165) is 39.7 Å². The van der Waals surface area contributed by atoms with Crippen molar-refractivity contribution < 1.29 is 4.42 Å². The van der Waals surface area contributed by atoms with Crippen LogP contribution in [0.3, 0.4) is 0 Å². The highest BCUT2D eigenvalue weighted by Gasteiger charge is 2.42. The number of halogens is 1. The van der Waals surface area contributed by atoms with Gasteiger partial charge in [-0.2, -0.15) is 0 Å². The number of nitrogens with one attached hydrogen (secondary N) is 1. The number of hydrogen-bond donors (Lipinski definition) is 1. The molecule has 1 aliphatic heterocycles. The summed E-state index contributed by atoms with van der Waals surface area (Å²) >= 11 is 12.2. The number of pyridine rings is 1. The predicted molar refractivity (Wildman–Crippen MR) is 143 cm³/mol. The van der Waals surface area contributed by atoms with Gasteiger partial charge in [-0.25, -0.2) is 0 Å². The molecule has 2 atom stereocenters. The van der Waals surface area contributed by atoms with Crippen LogP contribution in [0, 0.1) is 6.92 Å². The Morgan fingerprint density at radius 3 is 2.50 bits per heavy atom. The molecule has 0 radical (unpaired) electrons. The number of nitrogens with zero attached hydrogens (tertiary/aromatic N) is 3. The minimum atomic E-state index is -0.206. The van der Waals surface area contributed by atoms with Crippen LogP contribution < -0.4 is 15.1 Å². The van der Waals surface area contributed by atoms with Gasteiger partial charge >= 0.3 is 0 Å². The van der Waals surface area contributed by atoms with Crippen LogP contribution in [0.2, 0.25) is 5.02 Å². The van der Waals surface area contributed by atoms with Gasteiger partial charge in [-0.1, -0.05) is 29.8 Å². The Bertz CT molecular complexity index is 1320. The number of aryl methyl sites for hydroxylation is 1. The third kappa shape index (κ3) is 4.15. The molecule has 0 aliphatic carbocycles. The topological polar surface area (TPSA) is 44.5 Å². The molecule has 0 amide bonds. The van der Waals surface area contributed by atoms with Gasteiger partial charge < -0.3 is 19.5 Å². The minimum absolute atomic E-state index is 0.164. The smallest absolute Gasteiger partial charge is 0.174 e. The summed E-state index contributed by atoms with van der Waals surface area (Å²) in [4.78, 5) is 8.79. The Morgan fingerprint density at radius 2 is 1.82 bits per heavy atom. The summed E-state index contributed by atoms with van der Waals surface area (Å²) in [5.74, 6) is 1.56. The van der Waals surface area contributed by atoms with Crippen molar-refractivity contribution in [2.75, 3.05) is 23.9 Å². The normalized spacial score (nSPS) is 17.6. The monoisotopic (exact) mass is 488 g/mol. The lowest BCUT2D eigenvalue weighted by molar-refractivity contribution is 0.439. The molecule has 0 bridgehead atoms. The lowest BCUT2D eigenvalue weighted by Gasteiger charge is -2.26. The lowest BCUT2D eigenvalue weighted by atomic mass is 10.0. The van der Waals surface area contributed by atoms with Gasteiger partial charge in [-0.05, 0) is 79.3 Å². The molecule has 3 heterocycles. The van der Waals surface area contributed by atoms with Gasteiger partial charge in [0.2, 0.25) is 0 Å². The average Bonchev–Trinajstić information content (AvgIpc) is 3.46. The Morgan fingerprint density at radius 1 is 1.03 bits per heavy atom. The molecule has 4 aromatic rings. The summed E-state index contributed by atoms with van der Waals surface area (Å²) in [7, 11) is 4.05. The first kappa shape index (κ1) is 22.4. The molecule has 1 fully saturated rings. The average molecular weight is 489 g/mol. The summed E-state index contributed by atoms with van der Waals surface area (Å²) in [5, 5.41) is 4.82. The van der Waals surface area contributed by atoms with E-state index in [4.69, 9.17) is 28.2 Å². The van der Waals surface area contributed by atoms with Crippen molar-refractivity contribution >= 4 is 40.3 Å². The summed E-state index contributed by atoms with van der Waals surface area (Å²) in [5.41, 5.74) is 4.98. The maximum Gasteiger partial charge on any atom is 0.174 e.